The summed E-state index contributed by atoms with van der Waals surface area (Å²) in [6.45, 7) is 3.39. The number of aryl methyl sites for hydroxylation is 2. The highest BCUT2D eigenvalue weighted by Crippen LogP contribution is 2.49. The number of aliphatic hydroxyl groups is 3. The van der Waals surface area contributed by atoms with Crippen LogP contribution in [0.5, 0.6) is 17.2 Å². The van der Waals surface area contributed by atoms with E-state index >= 15 is 0 Å². The van der Waals surface area contributed by atoms with Gasteiger partial charge in [-0.25, -0.2) is 0 Å². The molecule has 12 heteroatoms. The molecule has 7 N–H and O–H groups in total. The molecule has 0 spiro atoms. The number of guanidine groups is 1. The summed E-state index contributed by atoms with van der Waals surface area (Å²) in [6.07, 6.45) is 24.5. The van der Waals surface area contributed by atoms with Crippen molar-refractivity contribution in [3.63, 3.8) is 0 Å². The Morgan fingerprint density at radius 2 is 1.75 bits per heavy atom. The molecular weight excluding hydrogens is 1000 g/mol. The zero-order chi connectivity index (χ0) is 55.7. The number of allylic oxidation sites excluding steroid dienone is 5. The van der Waals surface area contributed by atoms with Gasteiger partial charge in [0, 0.05) is 66.3 Å². The number of hydrogen-bond donors (Lipinski definition) is 6. The Bertz CT molecular complexity index is 3280. The smallest absolute Gasteiger partial charge is 0.192 e. The SMILES string of the molecule is CN=C(N)Nc1cccc(CCCCC2C=C3C=CC(c4cccc(CCOCC5CCCCC5)c4)C4C#COC(CC(=O)CCc5ccc(OC)c(c5)OCc5c(C(O)O)cc6c4c(O)cc4c6c5C=CC4C)CC2C=C3O)c1. The maximum Gasteiger partial charge on any atom is 0.192 e. The van der Waals surface area contributed by atoms with Crippen molar-refractivity contribution >= 4 is 34.3 Å². The van der Waals surface area contributed by atoms with Crippen molar-refractivity contribution in [3.8, 4) is 29.3 Å². The Kier molecular flexibility index (Phi) is 18.1. The highest BCUT2D eigenvalue weighted by Gasteiger charge is 2.34. The molecule has 1 saturated carbocycles. The number of anilines is 1. The van der Waals surface area contributed by atoms with Crippen molar-refractivity contribution in [2.75, 3.05) is 32.7 Å². The number of Topliss-reactive ketones (excluding diaryl/α,β-unsaturated/α-hetero) is 1. The highest BCUT2D eigenvalue weighted by atomic mass is 16.5. The molecule has 5 aromatic rings. The van der Waals surface area contributed by atoms with Crippen LogP contribution in [0.15, 0.2) is 126 Å². The van der Waals surface area contributed by atoms with Crippen LogP contribution in [0.1, 0.15) is 152 Å². The number of benzene rings is 5. The topological polar surface area (TPSA) is 185 Å². The minimum atomic E-state index is -1.91. The minimum Gasteiger partial charge on any atom is -0.508 e. The number of unbranched alkanes of at least 4 members (excludes halogenated alkanes) is 1. The molecular formula is C68H77N3O9. The normalized spacial score (nSPS) is 22.3. The summed E-state index contributed by atoms with van der Waals surface area (Å²) in [5, 5.41) is 52.1. The lowest BCUT2D eigenvalue weighted by atomic mass is 9.74. The number of aliphatic hydroxyl groups excluding tert-OH is 2. The molecule has 1 fully saturated rings. The van der Waals surface area contributed by atoms with Gasteiger partial charge in [0.2, 0.25) is 0 Å². The van der Waals surface area contributed by atoms with E-state index in [9.17, 15) is 25.2 Å². The fourth-order valence-corrected chi connectivity index (χ4v) is 12.7. The summed E-state index contributed by atoms with van der Waals surface area (Å²) >= 11 is 0. The lowest BCUT2D eigenvalue weighted by Gasteiger charge is -2.30. The van der Waals surface area contributed by atoms with Gasteiger partial charge in [-0.15, -0.1) is 0 Å². The van der Waals surface area contributed by atoms with Crippen molar-refractivity contribution in [1.29, 1.82) is 0 Å². The van der Waals surface area contributed by atoms with E-state index in [1.54, 1.807) is 20.2 Å². The van der Waals surface area contributed by atoms with Crippen LogP contribution in [0.2, 0.25) is 0 Å². The first-order chi connectivity index (χ1) is 38.9. The van der Waals surface area contributed by atoms with Gasteiger partial charge in [-0.1, -0.05) is 111 Å². The fraction of sp³-hybridized carbons (Fsp3) is 0.412. The molecule has 4 heterocycles. The number of rotatable bonds is 14. The van der Waals surface area contributed by atoms with E-state index in [1.807, 2.05) is 54.6 Å². The van der Waals surface area contributed by atoms with Gasteiger partial charge in [-0.2, -0.15) is 0 Å². The van der Waals surface area contributed by atoms with Crippen LogP contribution in [-0.4, -0.2) is 65.6 Å². The number of fused-ring (bicyclic) bond motifs is 7. The third-order valence-electron chi connectivity index (χ3n) is 17.1. The molecule has 418 valence electrons. The number of phenols is 1. The number of phenolic OH excluding ortho intramolecular Hbond substituents is 1. The van der Waals surface area contributed by atoms with Crippen molar-refractivity contribution in [3.05, 3.63) is 171 Å². The monoisotopic (exact) mass is 1080 g/mol. The minimum absolute atomic E-state index is 0.000505. The second-order valence-corrected chi connectivity index (χ2v) is 22.6. The Morgan fingerprint density at radius 1 is 0.925 bits per heavy atom. The number of methoxy groups -OCH3 is 1. The van der Waals surface area contributed by atoms with Crippen molar-refractivity contribution in [2.24, 2.45) is 28.5 Å². The third-order valence-corrected chi connectivity index (χ3v) is 17.1. The van der Waals surface area contributed by atoms with Crippen LogP contribution >= 0.6 is 0 Å². The van der Waals surface area contributed by atoms with E-state index < -0.39 is 24.2 Å². The van der Waals surface area contributed by atoms with E-state index in [0.29, 0.717) is 71.3 Å². The first kappa shape index (κ1) is 56.0. The summed E-state index contributed by atoms with van der Waals surface area (Å²) in [4.78, 5) is 18.3. The number of aliphatic imine (C=N–C) groups is 1. The van der Waals surface area contributed by atoms with Gasteiger partial charge in [0.05, 0.1) is 19.6 Å². The average Bonchev–Trinajstić information content (AvgIpc) is 2.79. The number of ether oxygens (including phenoxy) is 4. The number of hydrogen-bond acceptors (Lipinski definition) is 10. The Hall–Kier alpha value is -7.30. The molecule has 3 aliphatic carbocycles. The van der Waals surface area contributed by atoms with Crippen LogP contribution in [0.3, 0.4) is 0 Å². The Morgan fingerprint density at radius 3 is 2.56 bits per heavy atom. The molecule has 6 unspecified atom stereocenters. The molecule has 12 nitrogen and oxygen atoms in total. The van der Waals surface area contributed by atoms with Crippen molar-refractivity contribution < 1.29 is 44.2 Å². The average molecular weight is 1080 g/mol. The quantitative estimate of drug-likeness (QED) is 0.0204. The molecule has 80 heavy (non-hydrogen) atoms. The maximum atomic E-state index is 14.3. The molecule has 12 rings (SSSR count). The second kappa shape index (κ2) is 25.9. The number of nitrogens with one attached hydrogen (secondary N) is 1. The van der Waals surface area contributed by atoms with E-state index in [1.165, 1.54) is 37.7 Å². The van der Waals surface area contributed by atoms with Crippen molar-refractivity contribution in [2.45, 2.75) is 134 Å². The molecule has 5 aromatic carbocycles. The molecule has 7 aliphatic rings. The zero-order valence-electron chi connectivity index (χ0n) is 46.5. The van der Waals surface area contributed by atoms with Crippen LogP contribution in [0.25, 0.3) is 16.8 Å². The molecule has 0 aromatic heterocycles. The standard InChI is InChI=1S/C68H77N3O9/c1-42-19-24-55-60-41-80-64-33-45(21-26-63(64)77-3)20-23-52(72)37-53-35-50-36-61(73)49(34-47(50)16-8-7-11-43-15-10-18-51(32-43)71-68(69)70-2)22-25-54(48-17-9-14-44(31-48)27-29-78-40-46-12-5-4-6-13-46)56(28-30-79-53)66-59(38-58(60)67(75)76)65(55)57(42)39-62(66)74/h9-10,14-15,17-19,21-22,24-26,31-34,36,38-39,42,46-47,50,53-54,56,67,73-76H,4-8,11-13,16,20,23,27,29,35,37,40-41H2,1-3H3,(H3,69,70,71). The van der Waals surface area contributed by atoms with Crippen LogP contribution in [0.4, 0.5) is 5.69 Å². The third kappa shape index (κ3) is 13.1. The number of nitrogens with two attached hydrogens (primary N) is 1. The molecule has 0 amide bonds. The Labute approximate surface area is 471 Å². The summed E-state index contributed by atoms with van der Waals surface area (Å²) < 4.78 is 25.4. The molecule has 0 saturated heterocycles. The van der Waals surface area contributed by atoms with Crippen LogP contribution in [-0.2, 0) is 40.1 Å². The van der Waals surface area contributed by atoms with E-state index in [2.05, 4.69) is 83.9 Å². The van der Waals surface area contributed by atoms with E-state index in [-0.39, 0.29) is 60.1 Å². The van der Waals surface area contributed by atoms with Gasteiger partial charge in [-0.05, 0) is 156 Å². The molecule has 10 bridgehead atoms. The number of carbonyl (C=O) groups is 1. The van der Waals surface area contributed by atoms with Crippen LogP contribution in [0, 0.1) is 29.8 Å². The van der Waals surface area contributed by atoms with Gasteiger partial charge < -0.3 is 50.4 Å². The number of carbonyl (C=O) groups excluding carboxylic acids is 1. The maximum absolute atomic E-state index is 14.3. The highest BCUT2D eigenvalue weighted by molar-refractivity contribution is 6.01. The second-order valence-electron chi connectivity index (χ2n) is 22.6. The Balaban J connectivity index is 1.10. The van der Waals surface area contributed by atoms with Crippen molar-refractivity contribution in [1.82, 2.24) is 0 Å². The predicted octanol–water partition coefficient (Wildman–Crippen LogP) is 12.8. The largest absolute Gasteiger partial charge is 0.508 e. The van der Waals surface area contributed by atoms with Gasteiger partial charge in [0.1, 0.15) is 36.1 Å². The lowest BCUT2D eigenvalue weighted by Crippen LogP contribution is -2.25. The van der Waals surface area contributed by atoms with Gasteiger partial charge in [0.15, 0.2) is 23.7 Å². The van der Waals surface area contributed by atoms with Gasteiger partial charge in [0.25, 0.3) is 0 Å². The number of nitrogens with zero attached hydrogens (tertiary/aromatic N) is 1. The van der Waals surface area contributed by atoms with Gasteiger partial charge >= 0.3 is 0 Å². The first-order valence-corrected chi connectivity index (χ1v) is 28.9. The van der Waals surface area contributed by atoms with Gasteiger partial charge in [-0.3, -0.25) is 9.79 Å². The van der Waals surface area contributed by atoms with E-state index in [4.69, 9.17) is 24.7 Å². The molecule has 6 atom stereocenters. The summed E-state index contributed by atoms with van der Waals surface area (Å²) in [5.74, 6) is 3.99. The molecule has 4 aliphatic heterocycles. The molecule has 0 radical (unpaired) electrons. The van der Waals surface area contributed by atoms with E-state index in [0.717, 1.165) is 71.2 Å². The lowest BCUT2D eigenvalue weighted by molar-refractivity contribution is -0.121. The number of aromatic hydroxyl groups is 1. The van der Waals surface area contributed by atoms with Crippen LogP contribution < -0.4 is 20.5 Å². The first-order valence-electron chi connectivity index (χ1n) is 28.9. The predicted molar refractivity (Wildman–Crippen MR) is 316 cm³/mol. The zero-order valence-corrected chi connectivity index (χ0v) is 46.5. The summed E-state index contributed by atoms with van der Waals surface area (Å²) in [7, 11) is 3.23. The summed E-state index contributed by atoms with van der Waals surface area (Å²) in [6, 6.07) is 25.9. The summed E-state index contributed by atoms with van der Waals surface area (Å²) in [5.41, 5.74) is 14.5. The number of ketones is 1. The fourth-order valence-electron chi connectivity index (χ4n) is 12.7.